The van der Waals surface area contributed by atoms with Crippen molar-refractivity contribution in [2.45, 2.75) is 38.6 Å². The number of anilines is 1. The molecular formula is C21H25FN2O2S. The van der Waals surface area contributed by atoms with Crippen molar-refractivity contribution in [2.24, 2.45) is 0 Å². The van der Waals surface area contributed by atoms with E-state index in [-0.39, 0.29) is 17.8 Å². The van der Waals surface area contributed by atoms with E-state index in [1.165, 1.54) is 29.9 Å². The van der Waals surface area contributed by atoms with E-state index < -0.39 is 0 Å². The Morgan fingerprint density at radius 1 is 1.22 bits per heavy atom. The summed E-state index contributed by atoms with van der Waals surface area (Å²) in [7, 11) is 0. The lowest BCUT2D eigenvalue weighted by molar-refractivity contribution is -0.114. The van der Waals surface area contributed by atoms with Crippen LogP contribution in [0.3, 0.4) is 0 Å². The van der Waals surface area contributed by atoms with Crippen molar-refractivity contribution in [3.8, 4) is 0 Å². The van der Waals surface area contributed by atoms with E-state index in [1.807, 2.05) is 12.1 Å². The molecule has 1 amide bonds. The molecule has 1 aliphatic carbocycles. The van der Waals surface area contributed by atoms with Crippen LogP contribution >= 0.6 is 11.3 Å². The van der Waals surface area contributed by atoms with Crippen molar-refractivity contribution < 1.29 is 13.9 Å². The lowest BCUT2D eigenvalue weighted by Crippen LogP contribution is -2.40. The lowest BCUT2D eigenvalue weighted by atomic mass is 9.88. The second kappa shape index (κ2) is 8.09. The smallest absolute Gasteiger partial charge is 0.221 e. The number of ether oxygens (including phenoxy) is 1. The first kappa shape index (κ1) is 18.6. The summed E-state index contributed by atoms with van der Waals surface area (Å²) in [5.41, 5.74) is 3.09. The van der Waals surface area contributed by atoms with Crippen LogP contribution in [0.15, 0.2) is 24.3 Å². The van der Waals surface area contributed by atoms with E-state index in [4.69, 9.17) is 4.74 Å². The molecule has 1 aromatic heterocycles. The lowest BCUT2D eigenvalue weighted by Gasteiger charge is -2.36. The van der Waals surface area contributed by atoms with Gasteiger partial charge < -0.3 is 10.1 Å². The molecule has 144 valence electrons. The highest BCUT2D eigenvalue weighted by Gasteiger charge is 2.33. The van der Waals surface area contributed by atoms with Crippen molar-refractivity contribution in [3.63, 3.8) is 0 Å². The Bertz CT molecular complexity index is 830. The molecule has 2 heterocycles. The average molecular weight is 389 g/mol. The zero-order chi connectivity index (χ0) is 18.8. The third-order valence-electron chi connectivity index (χ3n) is 5.39. The Balaban J connectivity index is 1.87. The zero-order valence-electron chi connectivity index (χ0n) is 15.6. The SMILES string of the molecule is CC(=O)Nc1sc2c(c1C(c1ccccc1F)N1CCOCC1)CCCC2. The minimum atomic E-state index is -0.199. The van der Waals surface area contributed by atoms with Crippen LogP contribution in [0.25, 0.3) is 0 Å². The summed E-state index contributed by atoms with van der Waals surface area (Å²) in [5, 5.41) is 3.92. The van der Waals surface area contributed by atoms with Crippen molar-refractivity contribution in [2.75, 3.05) is 31.6 Å². The number of rotatable bonds is 4. The fourth-order valence-corrected chi connectivity index (χ4v) is 5.57. The molecule has 27 heavy (non-hydrogen) atoms. The fourth-order valence-electron chi connectivity index (χ4n) is 4.20. The molecule has 1 atom stereocenters. The molecule has 0 radical (unpaired) electrons. The Hall–Kier alpha value is -1.76. The highest BCUT2D eigenvalue weighted by molar-refractivity contribution is 7.16. The predicted molar refractivity (Wildman–Crippen MR) is 106 cm³/mol. The summed E-state index contributed by atoms with van der Waals surface area (Å²) in [4.78, 5) is 15.5. The van der Waals surface area contributed by atoms with Gasteiger partial charge in [0.2, 0.25) is 5.91 Å². The van der Waals surface area contributed by atoms with E-state index in [0.29, 0.717) is 18.8 Å². The van der Waals surface area contributed by atoms with Crippen molar-refractivity contribution >= 4 is 22.2 Å². The minimum Gasteiger partial charge on any atom is -0.379 e. The second-order valence-corrected chi connectivity index (χ2v) is 8.31. The van der Waals surface area contributed by atoms with Crippen LogP contribution in [0, 0.1) is 5.82 Å². The Morgan fingerprint density at radius 2 is 1.96 bits per heavy atom. The van der Waals surface area contributed by atoms with Crippen LogP contribution < -0.4 is 5.32 Å². The Labute approximate surface area is 163 Å². The van der Waals surface area contributed by atoms with Gasteiger partial charge in [0.05, 0.1) is 19.3 Å². The number of hydrogen-bond donors (Lipinski definition) is 1. The summed E-state index contributed by atoms with van der Waals surface area (Å²) >= 11 is 1.67. The molecule has 1 fully saturated rings. The maximum Gasteiger partial charge on any atom is 0.221 e. The monoisotopic (exact) mass is 388 g/mol. The van der Waals surface area contributed by atoms with Gasteiger partial charge in [0.15, 0.2) is 0 Å². The summed E-state index contributed by atoms with van der Waals surface area (Å²) in [6, 6.07) is 6.82. The van der Waals surface area contributed by atoms with Gasteiger partial charge in [-0.1, -0.05) is 18.2 Å². The molecule has 0 spiro atoms. The Kier molecular flexibility index (Phi) is 5.57. The standard InChI is InChI=1S/C21H25FN2O2S/c1-14(25)23-21-19(16-7-3-5-9-18(16)27-21)20(24-10-12-26-13-11-24)15-6-2-4-8-17(15)22/h2,4,6,8,20H,3,5,7,9-13H2,1H3,(H,23,25). The number of halogens is 1. The molecule has 4 rings (SSSR count). The molecule has 0 bridgehead atoms. The van der Waals surface area contributed by atoms with Gasteiger partial charge in [-0.3, -0.25) is 9.69 Å². The number of nitrogens with one attached hydrogen (secondary N) is 1. The third kappa shape index (κ3) is 3.79. The average Bonchev–Trinajstić information content (AvgIpc) is 3.02. The summed E-state index contributed by atoms with van der Waals surface area (Å²) < 4.78 is 20.4. The molecule has 1 unspecified atom stereocenters. The highest BCUT2D eigenvalue weighted by atomic mass is 32.1. The summed E-state index contributed by atoms with van der Waals surface area (Å²) in [6.45, 7) is 4.33. The number of carbonyl (C=O) groups is 1. The fraction of sp³-hybridized carbons (Fsp3) is 0.476. The van der Waals surface area contributed by atoms with E-state index in [9.17, 15) is 9.18 Å². The predicted octanol–water partition coefficient (Wildman–Crippen LogP) is 4.15. The number of hydrogen-bond acceptors (Lipinski definition) is 4. The minimum absolute atomic E-state index is 0.0795. The second-order valence-electron chi connectivity index (χ2n) is 7.21. The number of benzene rings is 1. The van der Waals surface area contributed by atoms with Crippen LogP contribution in [0.5, 0.6) is 0 Å². The van der Waals surface area contributed by atoms with Gasteiger partial charge in [-0.05, 0) is 37.3 Å². The van der Waals surface area contributed by atoms with Crippen molar-refractivity contribution in [1.29, 1.82) is 0 Å². The Morgan fingerprint density at radius 3 is 2.70 bits per heavy atom. The van der Waals surface area contributed by atoms with E-state index in [2.05, 4.69) is 10.2 Å². The number of carbonyl (C=O) groups excluding carboxylic acids is 1. The maximum atomic E-state index is 14.9. The molecule has 1 aliphatic heterocycles. The molecule has 4 nitrogen and oxygen atoms in total. The van der Waals surface area contributed by atoms with Crippen LogP contribution in [-0.4, -0.2) is 37.1 Å². The van der Waals surface area contributed by atoms with Gasteiger partial charge in [0, 0.05) is 36.0 Å². The summed E-state index contributed by atoms with van der Waals surface area (Å²) in [5.74, 6) is -0.275. The number of amides is 1. The van der Waals surface area contributed by atoms with Gasteiger partial charge >= 0.3 is 0 Å². The quantitative estimate of drug-likeness (QED) is 0.856. The zero-order valence-corrected chi connectivity index (χ0v) is 16.4. The molecule has 0 saturated carbocycles. The van der Waals surface area contributed by atoms with Gasteiger partial charge in [-0.2, -0.15) is 0 Å². The van der Waals surface area contributed by atoms with E-state index in [0.717, 1.165) is 42.9 Å². The van der Waals surface area contributed by atoms with Crippen LogP contribution in [0.2, 0.25) is 0 Å². The first-order chi connectivity index (χ1) is 13.1. The molecule has 1 N–H and O–H groups in total. The number of nitrogens with zero attached hydrogens (tertiary/aromatic N) is 1. The van der Waals surface area contributed by atoms with E-state index >= 15 is 0 Å². The summed E-state index contributed by atoms with van der Waals surface area (Å²) in [6.07, 6.45) is 4.35. The number of morpholine rings is 1. The molecule has 2 aromatic rings. The number of fused-ring (bicyclic) bond motifs is 1. The van der Waals surface area contributed by atoms with Gasteiger partial charge in [0.1, 0.15) is 10.8 Å². The largest absolute Gasteiger partial charge is 0.379 e. The molecule has 2 aliphatic rings. The number of thiophene rings is 1. The first-order valence-corrected chi connectivity index (χ1v) is 10.4. The molecule has 1 saturated heterocycles. The molecular weight excluding hydrogens is 363 g/mol. The third-order valence-corrected chi connectivity index (χ3v) is 6.61. The highest BCUT2D eigenvalue weighted by Crippen LogP contribution is 2.45. The van der Waals surface area contributed by atoms with Gasteiger partial charge in [0.25, 0.3) is 0 Å². The van der Waals surface area contributed by atoms with Crippen LogP contribution in [-0.2, 0) is 22.4 Å². The van der Waals surface area contributed by atoms with E-state index in [1.54, 1.807) is 17.4 Å². The van der Waals surface area contributed by atoms with Crippen LogP contribution in [0.1, 0.15) is 47.4 Å². The molecule has 1 aromatic carbocycles. The molecule has 6 heteroatoms. The van der Waals surface area contributed by atoms with Crippen LogP contribution in [0.4, 0.5) is 9.39 Å². The van der Waals surface area contributed by atoms with Gasteiger partial charge in [-0.15, -0.1) is 11.3 Å². The van der Waals surface area contributed by atoms with Crippen molar-refractivity contribution in [1.82, 2.24) is 4.90 Å². The van der Waals surface area contributed by atoms with Crippen molar-refractivity contribution in [3.05, 3.63) is 51.7 Å². The first-order valence-electron chi connectivity index (χ1n) is 9.63. The van der Waals surface area contributed by atoms with Gasteiger partial charge in [-0.25, -0.2) is 4.39 Å². The normalized spacial score (nSPS) is 18.7. The number of aryl methyl sites for hydroxylation is 1. The maximum absolute atomic E-state index is 14.9. The topological polar surface area (TPSA) is 41.6 Å².